The number of hydrogen-bond acceptors (Lipinski definition) is 6. The van der Waals surface area contributed by atoms with Gasteiger partial charge in [0.2, 0.25) is 0 Å². The number of hydrogen-bond donors (Lipinski definition) is 0. The van der Waals surface area contributed by atoms with Gasteiger partial charge < -0.3 is 9.30 Å². The van der Waals surface area contributed by atoms with Gasteiger partial charge in [0, 0.05) is 38.0 Å². The first-order valence-electron chi connectivity index (χ1n) is 8.42. The summed E-state index contributed by atoms with van der Waals surface area (Å²) in [4.78, 5) is 7.31. The molecule has 0 spiro atoms. The summed E-state index contributed by atoms with van der Waals surface area (Å²) in [5.74, 6) is 1.62. The molecule has 4 rings (SSSR count). The Morgan fingerprint density at radius 1 is 1.35 bits per heavy atom. The number of thiazole rings is 1. The molecule has 7 heteroatoms. The second kappa shape index (κ2) is 6.67. The Morgan fingerprint density at radius 2 is 2.22 bits per heavy atom. The lowest BCUT2D eigenvalue weighted by Crippen LogP contribution is -2.38. The quantitative estimate of drug-likeness (QED) is 0.860. The Balaban J connectivity index is 1.39. The molecule has 1 aliphatic carbocycles. The maximum atomic E-state index is 5.87. The van der Waals surface area contributed by atoms with Crippen LogP contribution in [0.25, 0.3) is 0 Å². The summed E-state index contributed by atoms with van der Waals surface area (Å²) >= 11 is 1.84. The lowest BCUT2D eigenvalue weighted by Gasteiger charge is -2.31. The molecule has 1 saturated heterocycles. The SMILES string of the molecule is Cn1cnnc1[C@H]1CN(Cc2csc(C3CCCC3)n2)CCO1. The fraction of sp³-hybridized carbons (Fsp3) is 0.688. The molecule has 0 radical (unpaired) electrons. The Morgan fingerprint density at radius 3 is 3.00 bits per heavy atom. The van der Waals surface area contributed by atoms with E-state index in [2.05, 4.69) is 20.5 Å². The Bertz CT molecular complexity index is 648. The highest BCUT2D eigenvalue weighted by molar-refractivity contribution is 7.09. The smallest absolute Gasteiger partial charge is 0.163 e. The average molecular weight is 333 g/mol. The molecule has 1 saturated carbocycles. The molecule has 6 nitrogen and oxygen atoms in total. The highest BCUT2D eigenvalue weighted by Crippen LogP contribution is 2.35. The molecule has 124 valence electrons. The van der Waals surface area contributed by atoms with Crippen LogP contribution in [0.5, 0.6) is 0 Å². The van der Waals surface area contributed by atoms with Crippen molar-refractivity contribution in [3.8, 4) is 0 Å². The Kier molecular flexibility index (Phi) is 4.41. The van der Waals surface area contributed by atoms with Crippen LogP contribution in [0.4, 0.5) is 0 Å². The van der Waals surface area contributed by atoms with E-state index >= 15 is 0 Å². The lowest BCUT2D eigenvalue weighted by molar-refractivity contribution is -0.0388. The molecule has 2 aromatic heterocycles. The van der Waals surface area contributed by atoms with Crippen molar-refractivity contribution in [1.29, 1.82) is 0 Å². The Labute approximate surface area is 140 Å². The van der Waals surface area contributed by atoms with E-state index in [9.17, 15) is 0 Å². The summed E-state index contributed by atoms with van der Waals surface area (Å²) in [6, 6.07) is 0. The largest absolute Gasteiger partial charge is 0.368 e. The van der Waals surface area contributed by atoms with Crippen molar-refractivity contribution in [2.75, 3.05) is 19.7 Å². The third-order valence-electron chi connectivity index (χ3n) is 4.84. The van der Waals surface area contributed by atoms with E-state index < -0.39 is 0 Å². The minimum atomic E-state index is 0.00388. The van der Waals surface area contributed by atoms with Crippen LogP contribution in [-0.2, 0) is 18.3 Å². The van der Waals surface area contributed by atoms with Crippen LogP contribution in [0.15, 0.2) is 11.7 Å². The molecule has 1 atom stereocenters. The van der Waals surface area contributed by atoms with Gasteiger partial charge in [-0.25, -0.2) is 4.98 Å². The monoisotopic (exact) mass is 333 g/mol. The Hall–Kier alpha value is -1.31. The van der Waals surface area contributed by atoms with Crippen LogP contribution in [0.3, 0.4) is 0 Å². The molecule has 23 heavy (non-hydrogen) atoms. The molecular weight excluding hydrogens is 310 g/mol. The van der Waals surface area contributed by atoms with Gasteiger partial charge in [0.25, 0.3) is 0 Å². The number of morpholine rings is 1. The minimum Gasteiger partial charge on any atom is -0.368 e. The van der Waals surface area contributed by atoms with Gasteiger partial charge in [0.15, 0.2) is 5.82 Å². The highest BCUT2D eigenvalue weighted by atomic mass is 32.1. The fourth-order valence-corrected chi connectivity index (χ4v) is 4.55. The molecule has 0 amide bonds. The lowest BCUT2D eigenvalue weighted by atomic mass is 10.1. The van der Waals surface area contributed by atoms with Gasteiger partial charge in [-0.3, -0.25) is 4.90 Å². The van der Waals surface area contributed by atoms with E-state index in [0.29, 0.717) is 5.92 Å². The van der Waals surface area contributed by atoms with Gasteiger partial charge in [-0.1, -0.05) is 12.8 Å². The summed E-state index contributed by atoms with van der Waals surface area (Å²) in [6.45, 7) is 3.44. The summed E-state index contributed by atoms with van der Waals surface area (Å²) < 4.78 is 7.81. The van der Waals surface area contributed by atoms with Crippen LogP contribution >= 0.6 is 11.3 Å². The molecule has 0 aromatic carbocycles. The van der Waals surface area contributed by atoms with Crippen molar-refractivity contribution in [2.24, 2.45) is 7.05 Å². The first kappa shape index (κ1) is 15.2. The predicted octanol–water partition coefficient (Wildman–Crippen LogP) is 2.50. The van der Waals surface area contributed by atoms with E-state index in [0.717, 1.165) is 32.1 Å². The molecule has 3 heterocycles. The second-order valence-electron chi connectivity index (χ2n) is 6.55. The maximum Gasteiger partial charge on any atom is 0.163 e. The van der Waals surface area contributed by atoms with Crippen molar-refractivity contribution in [2.45, 2.75) is 44.2 Å². The number of aryl methyl sites for hydroxylation is 1. The first-order chi connectivity index (χ1) is 11.3. The number of ether oxygens (including phenoxy) is 1. The summed E-state index contributed by atoms with van der Waals surface area (Å²) in [6.07, 6.45) is 7.10. The third-order valence-corrected chi connectivity index (χ3v) is 5.90. The van der Waals surface area contributed by atoms with Gasteiger partial charge in [-0.05, 0) is 12.8 Å². The molecule has 2 aromatic rings. The van der Waals surface area contributed by atoms with Gasteiger partial charge in [-0.2, -0.15) is 0 Å². The van der Waals surface area contributed by atoms with Crippen molar-refractivity contribution < 1.29 is 4.74 Å². The van der Waals surface area contributed by atoms with E-state index in [4.69, 9.17) is 9.72 Å². The number of aromatic nitrogens is 4. The highest BCUT2D eigenvalue weighted by Gasteiger charge is 2.26. The zero-order chi connectivity index (χ0) is 15.6. The number of nitrogens with zero attached hydrogens (tertiary/aromatic N) is 5. The average Bonchev–Trinajstić information content (AvgIpc) is 3.28. The van der Waals surface area contributed by atoms with Crippen molar-refractivity contribution in [3.05, 3.63) is 28.2 Å². The van der Waals surface area contributed by atoms with Crippen molar-refractivity contribution >= 4 is 11.3 Å². The fourth-order valence-electron chi connectivity index (χ4n) is 3.57. The maximum absolute atomic E-state index is 5.87. The van der Waals surface area contributed by atoms with E-state index in [1.165, 1.54) is 36.4 Å². The zero-order valence-corrected chi connectivity index (χ0v) is 14.3. The van der Waals surface area contributed by atoms with Crippen LogP contribution in [0.1, 0.15) is 54.2 Å². The minimum absolute atomic E-state index is 0.00388. The molecule has 0 N–H and O–H groups in total. The molecule has 2 fully saturated rings. The van der Waals surface area contributed by atoms with E-state index in [1.54, 1.807) is 6.33 Å². The molecule has 0 bridgehead atoms. The standard InChI is InChI=1S/C16H23N5OS/c1-20-11-17-19-15(20)14-9-21(6-7-22-14)8-13-10-23-16(18-13)12-4-2-3-5-12/h10-12,14H,2-9H2,1H3/t14-/m1/s1. The normalized spacial score (nSPS) is 23.6. The molecule has 0 unspecified atom stereocenters. The van der Waals surface area contributed by atoms with E-state index in [-0.39, 0.29) is 6.10 Å². The van der Waals surface area contributed by atoms with Gasteiger partial charge in [-0.15, -0.1) is 21.5 Å². The second-order valence-corrected chi connectivity index (χ2v) is 7.44. The third kappa shape index (κ3) is 3.32. The van der Waals surface area contributed by atoms with Crippen LogP contribution in [0.2, 0.25) is 0 Å². The van der Waals surface area contributed by atoms with Gasteiger partial charge in [0.05, 0.1) is 17.3 Å². The van der Waals surface area contributed by atoms with Gasteiger partial charge >= 0.3 is 0 Å². The molecule has 1 aliphatic heterocycles. The topological polar surface area (TPSA) is 56.1 Å². The molecule has 2 aliphatic rings. The van der Waals surface area contributed by atoms with Gasteiger partial charge in [0.1, 0.15) is 12.4 Å². The molecular formula is C16H23N5OS. The van der Waals surface area contributed by atoms with Crippen LogP contribution in [0, 0.1) is 0 Å². The summed E-state index contributed by atoms with van der Waals surface area (Å²) in [5, 5.41) is 11.7. The predicted molar refractivity (Wildman–Crippen MR) is 88.3 cm³/mol. The van der Waals surface area contributed by atoms with Crippen molar-refractivity contribution in [1.82, 2.24) is 24.6 Å². The zero-order valence-electron chi connectivity index (χ0n) is 13.5. The number of rotatable bonds is 4. The van der Waals surface area contributed by atoms with Crippen LogP contribution in [-0.4, -0.2) is 44.3 Å². The van der Waals surface area contributed by atoms with E-state index in [1.807, 2.05) is 23.0 Å². The summed E-state index contributed by atoms with van der Waals surface area (Å²) in [7, 11) is 1.96. The first-order valence-corrected chi connectivity index (χ1v) is 9.29. The van der Waals surface area contributed by atoms with Crippen LogP contribution < -0.4 is 0 Å². The van der Waals surface area contributed by atoms with Crippen molar-refractivity contribution in [3.63, 3.8) is 0 Å². The summed E-state index contributed by atoms with van der Waals surface area (Å²) in [5.41, 5.74) is 1.20.